The van der Waals surface area contributed by atoms with E-state index in [1.54, 1.807) is 0 Å². The van der Waals surface area contributed by atoms with Gasteiger partial charge in [0, 0.05) is 12.8 Å². The molecule has 2 heteroatoms. The predicted octanol–water partition coefficient (Wildman–Crippen LogP) is 9.23. The van der Waals surface area contributed by atoms with Crippen LogP contribution in [0.5, 0.6) is 0 Å². The maximum Gasteiger partial charge on any atom is 0.144 e. The van der Waals surface area contributed by atoms with Gasteiger partial charge in [-0.1, -0.05) is 123 Å². The molecule has 0 aromatic carbocycles. The number of nitrogens with zero attached hydrogens (tertiary/aromatic N) is 2. The first-order valence-electron chi connectivity index (χ1n) is 14.3. The molecule has 0 heterocycles. The molecule has 0 unspecified atom stereocenters. The summed E-state index contributed by atoms with van der Waals surface area (Å²) in [5.41, 5.74) is 0. The third-order valence-corrected chi connectivity index (χ3v) is 6.48. The predicted molar refractivity (Wildman–Crippen MR) is 138 cm³/mol. The van der Waals surface area contributed by atoms with Crippen LogP contribution in [0.4, 0.5) is 0 Å². The molecule has 0 atom stereocenters. The Bertz CT molecular complexity index is 277. The Labute approximate surface area is 192 Å². The fourth-order valence-electron chi connectivity index (χ4n) is 4.38. The normalized spacial score (nSPS) is 11.8. The van der Waals surface area contributed by atoms with Crippen LogP contribution in [0.25, 0.3) is 0 Å². The van der Waals surface area contributed by atoms with Gasteiger partial charge in [-0.15, -0.1) is 5.01 Å². The van der Waals surface area contributed by atoms with Gasteiger partial charge in [-0.3, -0.25) is 0 Å². The van der Waals surface area contributed by atoms with Crippen LogP contribution in [-0.4, -0.2) is 31.2 Å². The molecule has 0 aliphatic rings. The van der Waals surface area contributed by atoms with Crippen LogP contribution in [0.3, 0.4) is 0 Å². The Kier molecular flexibility index (Phi) is 25.1. The zero-order valence-corrected chi connectivity index (χ0v) is 21.9. The maximum atomic E-state index is 2.79. The largest absolute Gasteiger partial charge is 0.144 e. The highest BCUT2D eigenvalue weighted by atomic mass is 15.6. The first-order chi connectivity index (χ1) is 14.8. The fourth-order valence-corrected chi connectivity index (χ4v) is 4.38. The number of hydrazine groups is 1. The molecule has 0 spiro atoms. The van der Waals surface area contributed by atoms with Crippen molar-refractivity contribution >= 4 is 0 Å². The molecule has 30 heavy (non-hydrogen) atoms. The van der Waals surface area contributed by atoms with E-state index in [-0.39, 0.29) is 0 Å². The molecule has 0 bridgehead atoms. The summed E-state index contributed by atoms with van der Waals surface area (Å²) in [7, 11) is 0. The van der Waals surface area contributed by atoms with Crippen molar-refractivity contribution in [2.45, 2.75) is 156 Å². The summed E-state index contributed by atoms with van der Waals surface area (Å²) >= 11 is 0. The topological polar surface area (TPSA) is 9.14 Å². The monoisotopic (exact) mass is 424 g/mol. The van der Waals surface area contributed by atoms with Crippen molar-refractivity contribution in [1.82, 2.24) is 10.0 Å². The van der Waals surface area contributed by atoms with Gasteiger partial charge in [0.2, 0.25) is 0 Å². The van der Waals surface area contributed by atoms with Crippen LogP contribution in [0.1, 0.15) is 156 Å². The van der Waals surface area contributed by atoms with Gasteiger partial charge in [-0.2, -0.15) is 0 Å². The molecule has 0 aromatic heterocycles. The molecule has 0 saturated carbocycles. The molecular formula is C28H60N2+. The highest BCUT2D eigenvalue weighted by molar-refractivity contribution is 4.66. The Morgan fingerprint density at radius 1 is 0.367 bits per heavy atom. The lowest BCUT2D eigenvalue weighted by atomic mass is 10.1. The van der Waals surface area contributed by atoms with E-state index in [2.05, 4.69) is 37.7 Å². The minimum atomic E-state index is 1.29. The van der Waals surface area contributed by atoms with Crippen LogP contribution in [0, 0.1) is 0 Å². The first-order valence-corrected chi connectivity index (χ1v) is 14.3. The molecule has 0 amide bonds. The smallest absolute Gasteiger partial charge is 0.106 e. The molecule has 1 radical (unpaired) electrons. The lowest BCUT2D eigenvalue weighted by molar-refractivity contribution is 0.0583. The highest BCUT2D eigenvalue weighted by Gasteiger charge is 2.24. The standard InChI is InChI=1S/C28H60N2/c1-5-9-13-17-19-23-27-30(28-24-20-18-14-10-6-2)29(25-21-15-11-7-3)26-22-16-12-8-4/h5-28H2,1-4H3/q+1. The summed E-state index contributed by atoms with van der Waals surface area (Å²) in [5.74, 6) is 0. The lowest BCUT2D eigenvalue weighted by Crippen LogP contribution is -2.49. The van der Waals surface area contributed by atoms with Gasteiger partial charge in [-0.25, -0.2) is 0 Å². The number of rotatable bonds is 25. The minimum Gasteiger partial charge on any atom is -0.106 e. The number of hydrogen-bond donors (Lipinski definition) is 0. The molecule has 0 aliphatic heterocycles. The second-order valence-corrected chi connectivity index (χ2v) is 9.56. The van der Waals surface area contributed by atoms with Crippen molar-refractivity contribution in [3.63, 3.8) is 0 Å². The molecular weight excluding hydrogens is 364 g/mol. The summed E-state index contributed by atoms with van der Waals surface area (Å²) in [6, 6.07) is 0. The molecule has 2 nitrogen and oxygen atoms in total. The van der Waals surface area contributed by atoms with Crippen LogP contribution in [-0.2, 0) is 0 Å². The minimum absolute atomic E-state index is 1.29. The Morgan fingerprint density at radius 2 is 0.667 bits per heavy atom. The molecule has 0 rings (SSSR count). The van der Waals surface area contributed by atoms with Gasteiger partial charge >= 0.3 is 0 Å². The summed E-state index contributed by atoms with van der Waals surface area (Å²) in [4.78, 5) is 0. The van der Waals surface area contributed by atoms with E-state index in [0.29, 0.717) is 0 Å². The zero-order valence-electron chi connectivity index (χ0n) is 21.9. The quantitative estimate of drug-likeness (QED) is 0.0805. The van der Waals surface area contributed by atoms with Crippen LogP contribution < -0.4 is 5.01 Å². The van der Waals surface area contributed by atoms with Crippen LogP contribution >= 0.6 is 0 Å². The Balaban J connectivity index is 4.56. The van der Waals surface area contributed by atoms with E-state index in [1.807, 2.05) is 0 Å². The van der Waals surface area contributed by atoms with E-state index in [4.69, 9.17) is 0 Å². The van der Waals surface area contributed by atoms with E-state index >= 15 is 0 Å². The lowest BCUT2D eigenvalue weighted by Gasteiger charge is -2.25. The van der Waals surface area contributed by atoms with Crippen LogP contribution in [0.15, 0.2) is 0 Å². The second kappa shape index (κ2) is 25.2. The van der Waals surface area contributed by atoms with Gasteiger partial charge in [-0.05, 0) is 25.7 Å². The van der Waals surface area contributed by atoms with Crippen LogP contribution in [0.2, 0.25) is 0 Å². The summed E-state index contributed by atoms with van der Waals surface area (Å²) in [6.45, 7) is 14.5. The molecule has 0 fully saturated rings. The summed E-state index contributed by atoms with van der Waals surface area (Å²) < 4.78 is 0. The van der Waals surface area contributed by atoms with E-state index < -0.39 is 0 Å². The first kappa shape index (κ1) is 29.9. The van der Waals surface area contributed by atoms with Crippen molar-refractivity contribution < 1.29 is 0 Å². The zero-order chi connectivity index (χ0) is 22.1. The fraction of sp³-hybridized carbons (Fsp3) is 1.00. The van der Waals surface area contributed by atoms with E-state index in [0.717, 1.165) is 0 Å². The van der Waals surface area contributed by atoms with Gasteiger partial charge in [0.15, 0.2) is 0 Å². The average molecular weight is 425 g/mol. The molecule has 0 saturated heterocycles. The highest BCUT2D eigenvalue weighted by Crippen LogP contribution is 2.12. The van der Waals surface area contributed by atoms with Gasteiger partial charge in [0.25, 0.3) is 0 Å². The molecule has 0 aromatic rings. The van der Waals surface area contributed by atoms with E-state index in [9.17, 15) is 0 Å². The summed E-state index contributed by atoms with van der Waals surface area (Å²) in [5, 5.41) is 5.57. The molecule has 181 valence electrons. The molecule has 0 N–H and O–H groups in total. The van der Waals surface area contributed by atoms with Crippen molar-refractivity contribution in [3.05, 3.63) is 0 Å². The number of hydrogen-bond acceptors (Lipinski definition) is 2. The SMILES string of the molecule is CCCCCCCC[N+](CCCCCCCC)N(CCCCCC)CCCCCC. The van der Waals surface area contributed by atoms with Crippen molar-refractivity contribution in [2.24, 2.45) is 0 Å². The number of unbranched alkanes of at least 4 members (excludes halogenated alkanes) is 16. The van der Waals surface area contributed by atoms with Gasteiger partial charge < -0.3 is 0 Å². The van der Waals surface area contributed by atoms with Crippen molar-refractivity contribution in [3.8, 4) is 0 Å². The third-order valence-electron chi connectivity index (χ3n) is 6.48. The maximum absolute atomic E-state index is 2.79. The van der Waals surface area contributed by atoms with Gasteiger partial charge in [0.1, 0.15) is 13.1 Å². The second-order valence-electron chi connectivity index (χ2n) is 9.56. The average Bonchev–Trinajstić information content (AvgIpc) is 2.76. The van der Waals surface area contributed by atoms with Crippen molar-refractivity contribution in [2.75, 3.05) is 26.2 Å². The Hall–Kier alpha value is -0.0800. The van der Waals surface area contributed by atoms with Gasteiger partial charge in [0.05, 0.1) is 13.1 Å². The Morgan fingerprint density at radius 3 is 1.03 bits per heavy atom. The molecule has 0 aliphatic carbocycles. The summed E-state index contributed by atoms with van der Waals surface area (Å²) in [6.07, 6.45) is 28.0. The third kappa shape index (κ3) is 19.9. The van der Waals surface area contributed by atoms with E-state index in [1.165, 1.54) is 155 Å². The van der Waals surface area contributed by atoms with Crippen molar-refractivity contribution in [1.29, 1.82) is 0 Å².